The first kappa shape index (κ1) is 17.5. The highest BCUT2D eigenvalue weighted by Gasteiger charge is 2.24. The molecule has 0 unspecified atom stereocenters. The van der Waals surface area contributed by atoms with Gasteiger partial charge in [-0.25, -0.2) is 13.1 Å². The highest BCUT2D eigenvalue weighted by Crippen LogP contribution is 2.24. The van der Waals surface area contributed by atoms with Gasteiger partial charge in [-0.05, 0) is 18.9 Å². The van der Waals surface area contributed by atoms with E-state index in [0.717, 1.165) is 22.5 Å². The van der Waals surface area contributed by atoms with Gasteiger partial charge in [0.25, 0.3) is 10.0 Å². The molecule has 124 valence electrons. The molecule has 0 spiro atoms. The summed E-state index contributed by atoms with van der Waals surface area (Å²) in [6, 6.07) is 7.32. The van der Waals surface area contributed by atoms with Crippen molar-refractivity contribution in [1.82, 2.24) is 14.9 Å². The number of anilines is 1. The molecule has 0 aliphatic carbocycles. The Bertz CT molecular complexity index is 785. The van der Waals surface area contributed by atoms with E-state index in [1.54, 1.807) is 0 Å². The zero-order chi connectivity index (χ0) is 17.0. The Hall–Kier alpha value is -1.84. The third-order valence-corrected chi connectivity index (χ3v) is 5.78. The van der Waals surface area contributed by atoms with Crippen molar-refractivity contribution in [2.24, 2.45) is 0 Å². The van der Waals surface area contributed by atoms with Gasteiger partial charge in [-0.15, -0.1) is 10.2 Å². The maximum absolute atomic E-state index is 12.4. The van der Waals surface area contributed by atoms with Gasteiger partial charge in [0.2, 0.25) is 15.4 Å². The lowest BCUT2D eigenvalue weighted by atomic mass is 10.0. The minimum Gasteiger partial charge on any atom is -0.301 e. The van der Waals surface area contributed by atoms with Crippen molar-refractivity contribution >= 4 is 32.4 Å². The number of sulfonamides is 1. The van der Waals surface area contributed by atoms with Crippen LogP contribution >= 0.6 is 11.3 Å². The second-order valence-corrected chi connectivity index (χ2v) is 7.91. The second kappa shape index (κ2) is 7.16. The van der Waals surface area contributed by atoms with E-state index < -0.39 is 10.0 Å². The van der Waals surface area contributed by atoms with Gasteiger partial charge in [-0.2, -0.15) is 0 Å². The van der Waals surface area contributed by atoms with Crippen LogP contribution in [-0.2, 0) is 14.8 Å². The van der Waals surface area contributed by atoms with Crippen LogP contribution in [0.1, 0.15) is 37.4 Å². The standard InChI is InChI=1S/C14H18N4O3S2/c1-4-12(11-7-5-9(2)6-8-11)18-23(20,21)14-17-16-13(22-14)15-10(3)19/h5-8,12,18H,4H2,1-3H3,(H,15,16,19)/t12-/m0/s1. The average Bonchev–Trinajstić information content (AvgIpc) is 2.94. The van der Waals surface area contributed by atoms with Crippen molar-refractivity contribution in [1.29, 1.82) is 0 Å². The topological polar surface area (TPSA) is 101 Å². The van der Waals surface area contributed by atoms with Crippen molar-refractivity contribution < 1.29 is 13.2 Å². The van der Waals surface area contributed by atoms with E-state index in [4.69, 9.17) is 0 Å². The second-order valence-electron chi connectivity index (χ2n) is 5.05. The zero-order valence-corrected chi connectivity index (χ0v) is 14.7. The number of hydrogen-bond donors (Lipinski definition) is 2. The maximum Gasteiger partial charge on any atom is 0.270 e. The number of nitrogens with zero attached hydrogens (tertiary/aromatic N) is 2. The molecule has 2 N–H and O–H groups in total. The smallest absolute Gasteiger partial charge is 0.270 e. The highest BCUT2D eigenvalue weighted by molar-refractivity contribution is 7.91. The number of nitrogens with one attached hydrogen (secondary N) is 2. The summed E-state index contributed by atoms with van der Waals surface area (Å²) in [7, 11) is -3.80. The van der Waals surface area contributed by atoms with Crippen LogP contribution in [-0.4, -0.2) is 24.5 Å². The molecule has 1 aromatic carbocycles. The molecule has 9 heteroatoms. The van der Waals surface area contributed by atoms with Crippen molar-refractivity contribution in [2.75, 3.05) is 5.32 Å². The number of rotatable bonds is 6. The van der Waals surface area contributed by atoms with E-state index >= 15 is 0 Å². The normalized spacial score (nSPS) is 12.8. The summed E-state index contributed by atoms with van der Waals surface area (Å²) >= 11 is 0.814. The molecule has 1 amide bonds. The minimum atomic E-state index is -3.80. The number of carbonyl (C=O) groups is 1. The highest BCUT2D eigenvalue weighted by atomic mass is 32.2. The molecule has 23 heavy (non-hydrogen) atoms. The Morgan fingerprint density at radius 2 is 1.91 bits per heavy atom. The Labute approximate surface area is 139 Å². The molecule has 0 saturated carbocycles. The molecule has 1 aromatic heterocycles. The van der Waals surface area contributed by atoms with Gasteiger partial charge < -0.3 is 5.32 Å². The molecule has 1 heterocycles. The van der Waals surface area contributed by atoms with Gasteiger partial charge in [0, 0.05) is 13.0 Å². The summed E-state index contributed by atoms with van der Waals surface area (Å²) in [5.41, 5.74) is 1.99. The van der Waals surface area contributed by atoms with Crippen molar-refractivity contribution in [2.45, 2.75) is 37.6 Å². The predicted octanol–water partition coefficient (Wildman–Crippen LogP) is 2.23. The fourth-order valence-corrected chi connectivity index (χ4v) is 4.21. The first-order chi connectivity index (χ1) is 10.8. The third-order valence-electron chi connectivity index (χ3n) is 3.10. The van der Waals surface area contributed by atoms with E-state index in [1.165, 1.54) is 6.92 Å². The molecule has 0 aliphatic rings. The molecule has 2 rings (SSSR count). The maximum atomic E-state index is 12.4. The molecule has 1 atom stereocenters. The van der Waals surface area contributed by atoms with Crippen LogP contribution in [0.15, 0.2) is 28.6 Å². The van der Waals surface area contributed by atoms with Crippen LogP contribution in [0, 0.1) is 6.92 Å². The largest absolute Gasteiger partial charge is 0.301 e. The number of hydrogen-bond acceptors (Lipinski definition) is 6. The lowest BCUT2D eigenvalue weighted by Gasteiger charge is -2.16. The SMILES string of the molecule is CC[C@H](NS(=O)(=O)c1nnc(NC(C)=O)s1)c1ccc(C)cc1. The number of aryl methyl sites for hydroxylation is 1. The van der Waals surface area contributed by atoms with Crippen LogP contribution in [0.2, 0.25) is 0 Å². The number of carbonyl (C=O) groups excluding carboxylic acids is 1. The van der Waals surface area contributed by atoms with Gasteiger partial charge in [0.1, 0.15) is 0 Å². The molecule has 0 bridgehead atoms. The zero-order valence-electron chi connectivity index (χ0n) is 13.0. The van der Waals surface area contributed by atoms with Gasteiger partial charge in [0.05, 0.1) is 0 Å². The lowest BCUT2D eigenvalue weighted by molar-refractivity contribution is -0.114. The van der Waals surface area contributed by atoms with E-state index in [9.17, 15) is 13.2 Å². The molecule has 0 saturated heterocycles. The van der Waals surface area contributed by atoms with Gasteiger partial charge >= 0.3 is 0 Å². The van der Waals surface area contributed by atoms with Crippen molar-refractivity contribution in [3.63, 3.8) is 0 Å². The average molecular weight is 354 g/mol. The number of aromatic nitrogens is 2. The summed E-state index contributed by atoms with van der Waals surface area (Å²) < 4.78 is 27.3. The van der Waals surface area contributed by atoms with E-state index in [-0.39, 0.29) is 21.4 Å². The summed E-state index contributed by atoms with van der Waals surface area (Å²) in [5, 5.41) is 9.87. The molecule has 2 aromatic rings. The Kier molecular flexibility index (Phi) is 5.45. The molecule has 0 radical (unpaired) electrons. The molecule has 0 aliphatic heterocycles. The van der Waals surface area contributed by atoms with Gasteiger partial charge in [-0.3, -0.25) is 4.79 Å². The van der Waals surface area contributed by atoms with E-state index in [2.05, 4.69) is 20.2 Å². The Morgan fingerprint density at radius 1 is 1.26 bits per heavy atom. The Balaban J connectivity index is 2.20. The van der Waals surface area contributed by atoms with Crippen LogP contribution in [0.5, 0.6) is 0 Å². The fourth-order valence-electron chi connectivity index (χ4n) is 1.94. The van der Waals surface area contributed by atoms with Crippen LogP contribution in [0.4, 0.5) is 5.13 Å². The van der Waals surface area contributed by atoms with Crippen LogP contribution in [0.25, 0.3) is 0 Å². The van der Waals surface area contributed by atoms with Crippen LogP contribution < -0.4 is 10.0 Å². The third kappa shape index (κ3) is 4.57. The van der Waals surface area contributed by atoms with Crippen molar-refractivity contribution in [3.05, 3.63) is 35.4 Å². The van der Waals surface area contributed by atoms with Gasteiger partial charge in [0.15, 0.2) is 0 Å². The number of amides is 1. The van der Waals surface area contributed by atoms with E-state index in [0.29, 0.717) is 6.42 Å². The van der Waals surface area contributed by atoms with Gasteiger partial charge in [-0.1, -0.05) is 48.1 Å². The Morgan fingerprint density at radius 3 is 2.48 bits per heavy atom. The molecular weight excluding hydrogens is 336 g/mol. The first-order valence-electron chi connectivity index (χ1n) is 7.02. The molecule has 7 nitrogen and oxygen atoms in total. The van der Waals surface area contributed by atoms with Crippen molar-refractivity contribution in [3.8, 4) is 0 Å². The summed E-state index contributed by atoms with van der Waals surface area (Å²) in [6.45, 7) is 5.19. The summed E-state index contributed by atoms with van der Waals surface area (Å²) in [6.07, 6.45) is 0.597. The predicted molar refractivity (Wildman–Crippen MR) is 88.7 cm³/mol. The number of benzene rings is 1. The molecular formula is C14H18N4O3S2. The quantitative estimate of drug-likeness (QED) is 0.775. The fraction of sp³-hybridized carbons (Fsp3) is 0.357. The minimum absolute atomic E-state index is 0.154. The monoisotopic (exact) mass is 354 g/mol. The molecule has 0 fully saturated rings. The summed E-state index contributed by atoms with van der Waals surface area (Å²) in [4.78, 5) is 11.0. The summed E-state index contributed by atoms with van der Waals surface area (Å²) in [5.74, 6) is -0.329. The first-order valence-corrected chi connectivity index (χ1v) is 9.31. The van der Waals surface area contributed by atoms with E-state index in [1.807, 2.05) is 38.1 Å². The lowest BCUT2D eigenvalue weighted by Crippen LogP contribution is -2.28. The van der Waals surface area contributed by atoms with Crippen LogP contribution in [0.3, 0.4) is 0 Å².